The van der Waals surface area contributed by atoms with Crippen molar-refractivity contribution in [2.24, 2.45) is 0 Å². The van der Waals surface area contributed by atoms with Crippen molar-refractivity contribution in [3.8, 4) is 0 Å². The minimum Gasteiger partial charge on any atom is -0.343 e. The molecule has 0 N–H and O–H groups in total. The minimum atomic E-state index is -0.285. The normalized spacial score (nSPS) is 16.0. The third kappa shape index (κ3) is 2.76. The Morgan fingerprint density at radius 1 is 1.00 bits per heavy atom. The topological polar surface area (TPSA) is 42.3 Å². The molecule has 0 spiro atoms. The minimum absolute atomic E-state index is 0.276. The summed E-state index contributed by atoms with van der Waals surface area (Å²) in [5.74, 6) is -0.285. The number of nitrogens with zero attached hydrogens (tertiary/aromatic N) is 2. The van der Waals surface area contributed by atoms with Crippen LogP contribution < -0.4 is 4.90 Å². The number of anilines is 1. The lowest BCUT2D eigenvalue weighted by Gasteiger charge is -2.11. The largest absolute Gasteiger partial charge is 0.343 e. The van der Waals surface area contributed by atoms with Crippen LogP contribution in [0.4, 0.5) is 10.5 Å². The number of allylic oxidation sites excluding steroid dienone is 1. The van der Waals surface area contributed by atoms with E-state index in [1.54, 1.807) is 18.2 Å². The number of aromatic nitrogens is 1. The fraction of sp³-hybridized carbons (Fsp3) is 0.0476. The van der Waals surface area contributed by atoms with Crippen LogP contribution in [-0.4, -0.2) is 15.7 Å². The van der Waals surface area contributed by atoms with Gasteiger partial charge >= 0.3 is 0 Å². The molecule has 2 heterocycles. The molecule has 1 aliphatic heterocycles. The van der Waals surface area contributed by atoms with Gasteiger partial charge in [-0.1, -0.05) is 42.5 Å². The van der Waals surface area contributed by atoms with E-state index < -0.39 is 0 Å². The molecule has 0 aliphatic carbocycles. The number of fused-ring (bicyclic) bond motifs is 1. The maximum atomic E-state index is 12.8. The van der Waals surface area contributed by atoms with Gasteiger partial charge < -0.3 is 4.57 Å². The molecule has 2 aromatic carbocycles. The molecule has 0 saturated carbocycles. The summed E-state index contributed by atoms with van der Waals surface area (Å²) in [6.07, 6.45) is 5.62. The van der Waals surface area contributed by atoms with Gasteiger partial charge in [-0.15, -0.1) is 6.58 Å². The van der Waals surface area contributed by atoms with Gasteiger partial charge in [0.15, 0.2) is 0 Å². The van der Waals surface area contributed by atoms with Crippen LogP contribution in [0.1, 0.15) is 5.56 Å². The predicted octanol–water partition coefficient (Wildman–Crippen LogP) is 5.07. The fourth-order valence-corrected chi connectivity index (χ4v) is 3.92. The van der Waals surface area contributed by atoms with E-state index in [0.29, 0.717) is 17.1 Å². The highest BCUT2D eigenvalue weighted by molar-refractivity contribution is 8.19. The lowest BCUT2D eigenvalue weighted by Crippen LogP contribution is -2.27. The summed E-state index contributed by atoms with van der Waals surface area (Å²) in [6.45, 7) is 4.48. The fourth-order valence-electron chi connectivity index (χ4n) is 3.09. The van der Waals surface area contributed by atoms with Crippen molar-refractivity contribution in [1.29, 1.82) is 0 Å². The van der Waals surface area contributed by atoms with Gasteiger partial charge in [-0.2, -0.15) is 0 Å². The highest BCUT2D eigenvalue weighted by atomic mass is 32.2. The van der Waals surface area contributed by atoms with Crippen LogP contribution in [0.2, 0.25) is 0 Å². The molecule has 0 bridgehead atoms. The second-order valence-corrected chi connectivity index (χ2v) is 6.89. The quantitative estimate of drug-likeness (QED) is 0.482. The van der Waals surface area contributed by atoms with Gasteiger partial charge in [-0.25, -0.2) is 4.90 Å². The van der Waals surface area contributed by atoms with E-state index in [1.165, 1.54) is 4.90 Å². The predicted molar refractivity (Wildman–Crippen MR) is 107 cm³/mol. The second kappa shape index (κ2) is 6.69. The van der Waals surface area contributed by atoms with E-state index in [9.17, 15) is 9.59 Å². The zero-order chi connectivity index (χ0) is 18.1. The molecule has 1 fully saturated rings. The molecule has 4 nitrogen and oxygen atoms in total. The zero-order valence-corrected chi connectivity index (χ0v) is 14.8. The highest BCUT2D eigenvalue weighted by Crippen LogP contribution is 2.36. The van der Waals surface area contributed by atoms with Crippen LogP contribution in [0.25, 0.3) is 17.0 Å². The van der Waals surface area contributed by atoms with Gasteiger partial charge in [0.2, 0.25) is 0 Å². The van der Waals surface area contributed by atoms with E-state index in [2.05, 4.69) is 11.1 Å². The first-order chi connectivity index (χ1) is 12.7. The molecule has 0 radical (unpaired) electrons. The first kappa shape index (κ1) is 16.4. The first-order valence-corrected chi connectivity index (χ1v) is 9.02. The number of amides is 2. The van der Waals surface area contributed by atoms with Gasteiger partial charge in [-0.05, 0) is 36.0 Å². The third-order valence-electron chi connectivity index (χ3n) is 4.24. The Hall–Kier alpha value is -3.05. The van der Waals surface area contributed by atoms with Crippen LogP contribution >= 0.6 is 11.8 Å². The molecule has 0 unspecified atom stereocenters. The number of carbonyl (C=O) groups is 2. The van der Waals surface area contributed by atoms with Crippen molar-refractivity contribution in [3.05, 3.63) is 83.9 Å². The summed E-state index contributed by atoms with van der Waals surface area (Å²) in [6, 6.07) is 17.0. The Morgan fingerprint density at radius 2 is 1.73 bits per heavy atom. The highest BCUT2D eigenvalue weighted by Gasteiger charge is 2.36. The summed E-state index contributed by atoms with van der Waals surface area (Å²) < 4.78 is 2.08. The Bertz CT molecular complexity index is 1050. The summed E-state index contributed by atoms with van der Waals surface area (Å²) in [5.41, 5.74) is 2.58. The van der Waals surface area contributed by atoms with Gasteiger partial charge in [0.25, 0.3) is 11.1 Å². The first-order valence-electron chi connectivity index (χ1n) is 8.21. The summed E-state index contributed by atoms with van der Waals surface area (Å²) >= 11 is 0.972. The molecule has 3 aromatic rings. The van der Waals surface area contributed by atoms with E-state index in [1.807, 2.05) is 54.7 Å². The molecular formula is C21H16N2O2S. The average Bonchev–Trinajstić information content (AvgIpc) is 3.14. The number of para-hydroxylation sites is 2. The van der Waals surface area contributed by atoms with Crippen molar-refractivity contribution in [2.45, 2.75) is 6.54 Å². The van der Waals surface area contributed by atoms with Crippen molar-refractivity contribution in [3.63, 3.8) is 0 Å². The number of imide groups is 1. The smallest absolute Gasteiger partial charge is 0.298 e. The Labute approximate surface area is 155 Å². The summed E-state index contributed by atoms with van der Waals surface area (Å²) in [4.78, 5) is 26.8. The lowest BCUT2D eigenvalue weighted by atomic mass is 10.1. The monoisotopic (exact) mass is 360 g/mol. The molecule has 5 heteroatoms. The Balaban J connectivity index is 1.76. The van der Waals surface area contributed by atoms with Crippen LogP contribution in [0.15, 0.2) is 78.4 Å². The number of carbonyl (C=O) groups excluding carboxylic acids is 2. The standard InChI is InChI=1S/C21H16N2O2S/c1-2-12-22-14-15(17-10-6-7-11-18(17)22)13-19-20(24)23(21(25)26-19)16-8-4-3-5-9-16/h2-11,13-14H,1,12H2/b19-13-. The number of thioether (sulfide) groups is 1. The lowest BCUT2D eigenvalue weighted by molar-refractivity contribution is -0.113. The Morgan fingerprint density at radius 3 is 2.50 bits per heavy atom. The molecule has 1 saturated heterocycles. The third-order valence-corrected chi connectivity index (χ3v) is 5.11. The zero-order valence-electron chi connectivity index (χ0n) is 14.0. The number of hydrogen-bond donors (Lipinski definition) is 0. The van der Waals surface area contributed by atoms with E-state index in [4.69, 9.17) is 0 Å². The van der Waals surface area contributed by atoms with Crippen molar-refractivity contribution in [2.75, 3.05) is 4.90 Å². The van der Waals surface area contributed by atoms with E-state index >= 15 is 0 Å². The van der Waals surface area contributed by atoms with E-state index in [-0.39, 0.29) is 11.1 Å². The molecular weight excluding hydrogens is 344 g/mol. The van der Waals surface area contributed by atoms with Gasteiger partial charge in [0, 0.05) is 29.2 Å². The van der Waals surface area contributed by atoms with Gasteiger partial charge in [0.1, 0.15) is 0 Å². The van der Waals surface area contributed by atoms with Crippen LogP contribution in [0.5, 0.6) is 0 Å². The molecule has 1 aliphatic rings. The molecule has 2 amide bonds. The van der Waals surface area contributed by atoms with Crippen molar-refractivity contribution < 1.29 is 9.59 Å². The summed E-state index contributed by atoms with van der Waals surface area (Å²) in [5, 5.41) is 0.767. The molecule has 4 rings (SSSR count). The molecule has 26 heavy (non-hydrogen) atoms. The Kier molecular flexibility index (Phi) is 4.22. The van der Waals surface area contributed by atoms with Gasteiger partial charge in [0.05, 0.1) is 10.6 Å². The molecule has 1 aromatic heterocycles. The number of rotatable bonds is 4. The maximum Gasteiger partial charge on any atom is 0.298 e. The van der Waals surface area contributed by atoms with Crippen LogP contribution in [0, 0.1) is 0 Å². The molecule has 128 valence electrons. The van der Waals surface area contributed by atoms with Gasteiger partial charge in [-0.3, -0.25) is 9.59 Å². The van der Waals surface area contributed by atoms with Crippen molar-refractivity contribution >= 4 is 45.6 Å². The van der Waals surface area contributed by atoms with Crippen molar-refractivity contribution in [1.82, 2.24) is 4.57 Å². The SMILES string of the molecule is C=CCn1cc(/C=C2\SC(=O)N(c3ccccc3)C2=O)c2ccccc21. The number of benzene rings is 2. The maximum absolute atomic E-state index is 12.8. The second-order valence-electron chi connectivity index (χ2n) is 5.90. The molecule has 0 atom stereocenters. The van der Waals surface area contributed by atoms with E-state index in [0.717, 1.165) is 28.2 Å². The number of hydrogen-bond acceptors (Lipinski definition) is 3. The summed E-state index contributed by atoms with van der Waals surface area (Å²) in [7, 11) is 0. The average molecular weight is 360 g/mol. The van der Waals surface area contributed by atoms with Crippen LogP contribution in [0.3, 0.4) is 0 Å². The van der Waals surface area contributed by atoms with Crippen LogP contribution in [-0.2, 0) is 11.3 Å².